The third-order valence-corrected chi connectivity index (χ3v) is 4.36. The van der Waals surface area contributed by atoms with Gasteiger partial charge in [0, 0.05) is 10.0 Å². The van der Waals surface area contributed by atoms with E-state index in [0.29, 0.717) is 10.0 Å². The van der Waals surface area contributed by atoms with Crippen LogP contribution in [0.4, 0.5) is 0 Å². The maximum Gasteiger partial charge on any atom is 0.166 e. The molecule has 0 fully saturated rings. The molecule has 1 aromatic heterocycles. The lowest BCUT2D eigenvalue weighted by Crippen LogP contribution is -2.20. The SMILES string of the molecule is C[Si](C)(C)C#CC(c1ccc(Cl)cc1Cl)C(O)n1cncn1. The number of aliphatic hydroxyl groups excluding tert-OH is 1. The van der Waals surface area contributed by atoms with E-state index in [0.717, 1.165) is 5.56 Å². The van der Waals surface area contributed by atoms with Crippen LogP contribution < -0.4 is 0 Å². The molecule has 2 aromatic rings. The van der Waals surface area contributed by atoms with E-state index in [2.05, 4.69) is 41.2 Å². The molecule has 1 aromatic carbocycles. The van der Waals surface area contributed by atoms with Gasteiger partial charge in [-0.05, 0) is 17.7 Å². The molecule has 2 rings (SSSR count). The summed E-state index contributed by atoms with van der Waals surface area (Å²) in [5.74, 6) is 2.67. The topological polar surface area (TPSA) is 50.9 Å². The molecule has 1 N–H and O–H groups in total. The van der Waals surface area contributed by atoms with E-state index < -0.39 is 20.2 Å². The van der Waals surface area contributed by atoms with Crippen molar-refractivity contribution in [3.05, 3.63) is 46.5 Å². The van der Waals surface area contributed by atoms with Crippen molar-refractivity contribution >= 4 is 31.3 Å². The molecule has 0 aliphatic heterocycles. The lowest BCUT2D eigenvalue weighted by atomic mass is 9.98. The molecule has 4 nitrogen and oxygen atoms in total. The second-order valence-corrected chi connectivity index (χ2v) is 11.5. The molecule has 116 valence electrons. The normalized spacial score (nSPS) is 14.1. The van der Waals surface area contributed by atoms with Crippen LogP contribution in [0.2, 0.25) is 29.7 Å². The van der Waals surface area contributed by atoms with Crippen LogP contribution in [0.25, 0.3) is 0 Å². The number of benzene rings is 1. The second kappa shape index (κ2) is 6.84. The summed E-state index contributed by atoms with van der Waals surface area (Å²) < 4.78 is 1.37. The Kier molecular flexibility index (Phi) is 5.30. The Morgan fingerprint density at radius 1 is 1.27 bits per heavy atom. The maximum atomic E-state index is 10.6. The Morgan fingerprint density at radius 3 is 2.55 bits per heavy atom. The largest absolute Gasteiger partial charge is 0.370 e. The molecule has 2 unspecified atom stereocenters. The zero-order valence-corrected chi connectivity index (χ0v) is 15.1. The Balaban J connectivity index is 2.47. The third kappa shape index (κ3) is 4.34. The minimum atomic E-state index is -1.60. The highest BCUT2D eigenvalue weighted by Gasteiger charge is 2.24. The van der Waals surface area contributed by atoms with Gasteiger partial charge in [0.25, 0.3) is 0 Å². The molecule has 7 heteroatoms. The predicted octanol–water partition coefficient (Wildman–Crippen LogP) is 3.74. The van der Waals surface area contributed by atoms with Crippen molar-refractivity contribution in [1.29, 1.82) is 0 Å². The van der Waals surface area contributed by atoms with Crippen LogP contribution in [-0.4, -0.2) is 27.9 Å². The van der Waals surface area contributed by atoms with Gasteiger partial charge in [-0.15, -0.1) is 5.54 Å². The molecule has 2 atom stereocenters. The fourth-order valence-corrected chi connectivity index (χ4v) is 2.98. The van der Waals surface area contributed by atoms with Crippen molar-refractivity contribution in [3.63, 3.8) is 0 Å². The minimum Gasteiger partial charge on any atom is -0.370 e. The standard InChI is InChI=1S/C15H17Cl2N3OSi/c1-22(2,3)7-6-13(15(21)20-10-18-9-19-20)12-5-4-11(16)8-14(12)17/h4-5,8-10,13,15,21H,1-3H3. The van der Waals surface area contributed by atoms with Crippen molar-refractivity contribution in [1.82, 2.24) is 14.8 Å². The number of hydrogen-bond acceptors (Lipinski definition) is 3. The van der Waals surface area contributed by atoms with E-state index in [1.807, 2.05) is 0 Å². The summed E-state index contributed by atoms with van der Waals surface area (Å²) in [5, 5.41) is 15.6. The van der Waals surface area contributed by atoms with Crippen LogP contribution in [0.1, 0.15) is 17.7 Å². The van der Waals surface area contributed by atoms with Crippen molar-refractivity contribution < 1.29 is 5.11 Å². The first-order valence-electron chi connectivity index (χ1n) is 6.78. The first kappa shape index (κ1) is 17.0. The number of rotatable bonds is 3. The van der Waals surface area contributed by atoms with Gasteiger partial charge in [-0.3, -0.25) is 0 Å². The molecule has 0 aliphatic rings. The maximum absolute atomic E-state index is 10.6. The van der Waals surface area contributed by atoms with Gasteiger partial charge < -0.3 is 5.11 Å². The molecule has 0 radical (unpaired) electrons. The van der Waals surface area contributed by atoms with Crippen molar-refractivity contribution in [3.8, 4) is 11.5 Å². The molecule has 0 saturated heterocycles. The molecule has 0 amide bonds. The van der Waals surface area contributed by atoms with E-state index in [9.17, 15) is 5.11 Å². The molecular formula is C15H17Cl2N3OSi. The molecule has 0 bridgehead atoms. The summed E-state index contributed by atoms with van der Waals surface area (Å²) >= 11 is 12.2. The van der Waals surface area contributed by atoms with Crippen molar-refractivity contribution in [2.75, 3.05) is 0 Å². The summed E-state index contributed by atoms with van der Waals surface area (Å²) in [6.45, 7) is 6.42. The lowest BCUT2D eigenvalue weighted by molar-refractivity contribution is 0.0784. The van der Waals surface area contributed by atoms with Gasteiger partial charge >= 0.3 is 0 Å². The van der Waals surface area contributed by atoms with E-state index in [4.69, 9.17) is 23.2 Å². The highest BCUT2D eigenvalue weighted by molar-refractivity contribution is 6.83. The van der Waals surface area contributed by atoms with Gasteiger partial charge in [-0.25, -0.2) is 9.67 Å². The van der Waals surface area contributed by atoms with Crippen LogP contribution in [0.5, 0.6) is 0 Å². The number of aliphatic hydroxyl groups is 1. The molecule has 0 saturated carbocycles. The van der Waals surface area contributed by atoms with E-state index in [1.165, 1.54) is 17.3 Å². The molecule has 1 heterocycles. The van der Waals surface area contributed by atoms with Crippen LogP contribution in [0.3, 0.4) is 0 Å². The Labute approximate surface area is 141 Å². The van der Waals surface area contributed by atoms with Gasteiger partial charge in [0.05, 0.1) is 5.92 Å². The summed E-state index contributed by atoms with van der Waals surface area (Å²) in [7, 11) is -1.60. The number of nitrogens with zero attached hydrogens (tertiary/aromatic N) is 3. The Bertz CT molecular complexity index is 702. The first-order chi connectivity index (χ1) is 10.3. The highest BCUT2D eigenvalue weighted by Crippen LogP contribution is 2.33. The van der Waals surface area contributed by atoms with Gasteiger partial charge in [0.15, 0.2) is 6.23 Å². The van der Waals surface area contributed by atoms with Crippen molar-refractivity contribution in [2.24, 2.45) is 0 Å². The molecule has 0 aliphatic carbocycles. The minimum absolute atomic E-state index is 0.474. The van der Waals surface area contributed by atoms with Crippen LogP contribution >= 0.6 is 23.2 Å². The van der Waals surface area contributed by atoms with Crippen LogP contribution in [0, 0.1) is 11.5 Å². The average Bonchev–Trinajstić information content (AvgIpc) is 2.93. The second-order valence-electron chi connectivity index (χ2n) is 5.95. The number of halogens is 2. The first-order valence-corrected chi connectivity index (χ1v) is 11.0. The van der Waals surface area contributed by atoms with Crippen LogP contribution in [-0.2, 0) is 0 Å². The van der Waals surface area contributed by atoms with Gasteiger partial charge in [0.1, 0.15) is 20.7 Å². The number of hydrogen-bond donors (Lipinski definition) is 1. The number of aromatic nitrogens is 3. The summed E-state index contributed by atoms with van der Waals surface area (Å²) in [6, 6.07) is 5.17. The lowest BCUT2D eigenvalue weighted by Gasteiger charge is -2.20. The fourth-order valence-electron chi connectivity index (χ4n) is 1.87. The highest BCUT2D eigenvalue weighted by atomic mass is 35.5. The van der Waals surface area contributed by atoms with Gasteiger partial charge in [0.2, 0.25) is 0 Å². The van der Waals surface area contributed by atoms with Crippen molar-refractivity contribution in [2.45, 2.75) is 31.8 Å². The fraction of sp³-hybridized carbons (Fsp3) is 0.333. The molecule has 22 heavy (non-hydrogen) atoms. The predicted molar refractivity (Wildman–Crippen MR) is 91.6 cm³/mol. The molecular weight excluding hydrogens is 337 g/mol. The monoisotopic (exact) mass is 353 g/mol. The zero-order chi connectivity index (χ0) is 16.3. The Hall–Kier alpha value is -1.32. The summed E-state index contributed by atoms with van der Waals surface area (Å²) in [6.07, 6.45) is 1.86. The quantitative estimate of drug-likeness (QED) is 0.675. The third-order valence-electron chi connectivity index (χ3n) is 2.91. The van der Waals surface area contributed by atoms with E-state index in [-0.39, 0.29) is 0 Å². The molecule has 0 spiro atoms. The Morgan fingerprint density at radius 2 is 2.00 bits per heavy atom. The van der Waals surface area contributed by atoms with Crippen LogP contribution in [0.15, 0.2) is 30.9 Å². The van der Waals surface area contributed by atoms with Gasteiger partial charge in [-0.1, -0.05) is 54.8 Å². The smallest absolute Gasteiger partial charge is 0.166 e. The zero-order valence-electron chi connectivity index (χ0n) is 12.6. The van der Waals surface area contributed by atoms with E-state index >= 15 is 0 Å². The average molecular weight is 354 g/mol. The van der Waals surface area contributed by atoms with E-state index in [1.54, 1.807) is 18.2 Å². The van der Waals surface area contributed by atoms with Gasteiger partial charge in [-0.2, -0.15) is 5.10 Å². The summed E-state index contributed by atoms with van der Waals surface area (Å²) in [4.78, 5) is 3.86. The summed E-state index contributed by atoms with van der Waals surface area (Å²) in [5.41, 5.74) is 4.00.